The van der Waals surface area contributed by atoms with Crippen LogP contribution in [0.3, 0.4) is 0 Å². The second-order valence-corrected chi connectivity index (χ2v) is 6.01. The van der Waals surface area contributed by atoms with Crippen molar-refractivity contribution in [2.75, 3.05) is 19.6 Å². The van der Waals surface area contributed by atoms with Crippen molar-refractivity contribution in [1.82, 2.24) is 15.1 Å². The van der Waals surface area contributed by atoms with E-state index in [9.17, 15) is 0 Å². The van der Waals surface area contributed by atoms with Gasteiger partial charge in [0.2, 0.25) is 0 Å². The lowest BCUT2D eigenvalue weighted by atomic mass is 9.95. The molecule has 1 fully saturated rings. The molecule has 18 heavy (non-hydrogen) atoms. The van der Waals surface area contributed by atoms with E-state index in [0.29, 0.717) is 5.92 Å². The summed E-state index contributed by atoms with van der Waals surface area (Å²) in [7, 11) is 0. The number of nitrogens with one attached hydrogen (secondary N) is 1. The van der Waals surface area contributed by atoms with Gasteiger partial charge in [-0.1, -0.05) is 6.07 Å². The van der Waals surface area contributed by atoms with Gasteiger partial charge in [0.15, 0.2) is 0 Å². The van der Waals surface area contributed by atoms with Gasteiger partial charge in [-0.2, -0.15) is 5.10 Å². The van der Waals surface area contributed by atoms with Crippen LogP contribution in [0.1, 0.15) is 29.3 Å². The summed E-state index contributed by atoms with van der Waals surface area (Å²) in [6.07, 6.45) is 5.64. The van der Waals surface area contributed by atoms with Gasteiger partial charge in [-0.25, -0.2) is 0 Å². The van der Waals surface area contributed by atoms with E-state index >= 15 is 0 Å². The number of aromatic amines is 1. The molecule has 0 aromatic carbocycles. The van der Waals surface area contributed by atoms with E-state index in [1.807, 2.05) is 17.5 Å². The Labute approximate surface area is 112 Å². The number of hydrogen-bond donors (Lipinski definition) is 1. The van der Waals surface area contributed by atoms with Gasteiger partial charge < -0.3 is 4.90 Å². The lowest BCUT2D eigenvalue weighted by Gasteiger charge is -2.32. The number of H-pyrrole nitrogens is 1. The fraction of sp³-hybridized carbons (Fsp3) is 0.500. The Balaban J connectivity index is 1.54. The predicted octanol–water partition coefficient (Wildman–Crippen LogP) is 2.89. The molecule has 0 spiro atoms. The fourth-order valence-electron chi connectivity index (χ4n) is 2.73. The quantitative estimate of drug-likeness (QED) is 0.917. The van der Waals surface area contributed by atoms with Crippen LogP contribution in [0.2, 0.25) is 0 Å². The van der Waals surface area contributed by atoms with Gasteiger partial charge in [0.25, 0.3) is 0 Å². The third kappa shape index (κ3) is 2.82. The maximum Gasteiger partial charge on any atom is 0.0490 e. The molecule has 0 amide bonds. The number of nitrogens with zero attached hydrogens (tertiary/aromatic N) is 2. The minimum Gasteiger partial charge on any atom is -0.302 e. The van der Waals surface area contributed by atoms with Gasteiger partial charge >= 0.3 is 0 Å². The van der Waals surface area contributed by atoms with Gasteiger partial charge in [-0.3, -0.25) is 5.10 Å². The molecule has 0 saturated carbocycles. The highest BCUT2D eigenvalue weighted by Crippen LogP contribution is 2.25. The van der Waals surface area contributed by atoms with E-state index in [0.717, 1.165) is 0 Å². The molecule has 1 unspecified atom stereocenters. The molecular weight excluding hydrogens is 242 g/mol. The number of thiophene rings is 1. The molecule has 3 nitrogen and oxygen atoms in total. The largest absolute Gasteiger partial charge is 0.302 e. The maximum absolute atomic E-state index is 4.07. The van der Waals surface area contributed by atoms with E-state index < -0.39 is 0 Å². The van der Waals surface area contributed by atoms with Crippen LogP contribution in [-0.2, 0) is 6.42 Å². The first-order valence-corrected chi connectivity index (χ1v) is 7.54. The zero-order valence-electron chi connectivity index (χ0n) is 10.5. The summed E-state index contributed by atoms with van der Waals surface area (Å²) in [5.41, 5.74) is 1.30. The number of likely N-dealkylation sites (tertiary alicyclic amines) is 1. The van der Waals surface area contributed by atoms with Crippen LogP contribution in [0, 0.1) is 0 Å². The first-order chi connectivity index (χ1) is 8.92. The van der Waals surface area contributed by atoms with E-state index in [1.165, 1.54) is 49.5 Å². The van der Waals surface area contributed by atoms with Crippen LogP contribution in [0.25, 0.3) is 0 Å². The molecular formula is C14H19N3S. The van der Waals surface area contributed by atoms with Crippen molar-refractivity contribution in [1.29, 1.82) is 0 Å². The topological polar surface area (TPSA) is 31.9 Å². The second-order valence-electron chi connectivity index (χ2n) is 4.98. The molecule has 3 rings (SSSR count). The molecule has 1 saturated heterocycles. The van der Waals surface area contributed by atoms with Crippen molar-refractivity contribution in [3.8, 4) is 0 Å². The van der Waals surface area contributed by atoms with Crippen LogP contribution in [-0.4, -0.2) is 34.7 Å². The summed E-state index contributed by atoms with van der Waals surface area (Å²) in [5, 5.41) is 9.36. The molecule has 1 aliphatic heterocycles. The first-order valence-electron chi connectivity index (χ1n) is 6.66. The molecule has 1 atom stereocenters. The molecule has 2 aromatic heterocycles. The summed E-state index contributed by atoms with van der Waals surface area (Å²) < 4.78 is 0. The van der Waals surface area contributed by atoms with Crippen LogP contribution in [0.5, 0.6) is 0 Å². The minimum absolute atomic E-state index is 0.643. The zero-order chi connectivity index (χ0) is 12.2. The molecule has 96 valence electrons. The van der Waals surface area contributed by atoms with Crippen LogP contribution >= 0.6 is 11.3 Å². The third-order valence-corrected chi connectivity index (χ3v) is 4.66. The minimum atomic E-state index is 0.643. The summed E-state index contributed by atoms with van der Waals surface area (Å²) >= 11 is 1.87. The summed E-state index contributed by atoms with van der Waals surface area (Å²) in [6, 6.07) is 6.50. The molecule has 2 aromatic rings. The molecule has 0 bridgehead atoms. The van der Waals surface area contributed by atoms with Crippen molar-refractivity contribution >= 4 is 11.3 Å². The molecule has 1 aliphatic rings. The molecule has 3 heterocycles. The van der Waals surface area contributed by atoms with Crippen molar-refractivity contribution in [2.24, 2.45) is 0 Å². The van der Waals surface area contributed by atoms with Crippen molar-refractivity contribution in [3.63, 3.8) is 0 Å². The number of aromatic nitrogens is 2. The van der Waals surface area contributed by atoms with Crippen molar-refractivity contribution in [2.45, 2.75) is 25.2 Å². The maximum atomic E-state index is 4.07. The monoisotopic (exact) mass is 261 g/mol. The standard InChI is InChI=1S/C14H19N3S/c1-3-12(14-5-7-15-16-14)11-17(8-1)9-6-13-4-2-10-18-13/h2,4-5,7,10,12H,1,3,6,8-9,11H2,(H,15,16). The van der Waals surface area contributed by atoms with Crippen LogP contribution in [0.15, 0.2) is 29.8 Å². The number of rotatable bonds is 4. The third-order valence-electron chi connectivity index (χ3n) is 3.72. The molecule has 0 radical (unpaired) electrons. The van der Waals surface area contributed by atoms with E-state index in [1.54, 1.807) is 0 Å². The summed E-state index contributed by atoms with van der Waals surface area (Å²) in [4.78, 5) is 4.09. The van der Waals surface area contributed by atoms with Gasteiger partial charge in [-0.15, -0.1) is 11.3 Å². The Morgan fingerprint density at radius 3 is 3.22 bits per heavy atom. The SMILES string of the molecule is c1csc(CCN2CCCC(c3ccn[nH]3)C2)c1. The van der Waals surface area contributed by atoms with Gasteiger partial charge in [0.05, 0.1) is 0 Å². The van der Waals surface area contributed by atoms with Crippen LogP contribution < -0.4 is 0 Å². The second kappa shape index (κ2) is 5.67. The van der Waals surface area contributed by atoms with E-state index in [-0.39, 0.29) is 0 Å². The fourth-order valence-corrected chi connectivity index (χ4v) is 3.43. The van der Waals surface area contributed by atoms with Crippen molar-refractivity contribution in [3.05, 3.63) is 40.3 Å². The lowest BCUT2D eigenvalue weighted by Crippen LogP contribution is -2.35. The Kier molecular flexibility index (Phi) is 3.76. The summed E-state index contributed by atoms with van der Waals surface area (Å²) in [6.45, 7) is 3.61. The normalized spacial score (nSPS) is 21.2. The highest BCUT2D eigenvalue weighted by Gasteiger charge is 2.21. The average molecular weight is 261 g/mol. The number of hydrogen-bond acceptors (Lipinski definition) is 3. The van der Waals surface area contributed by atoms with Gasteiger partial charge in [-0.05, 0) is 43.3 Å². The molecule has 4 heteroatoms. The highest BCUT2D eigenvalue weighted by atomic mass is 32.1. The first kappa shape index (κ1) is 11.9. The molecule has 1 N–H and O–H groups in total. The number of piperidine rings is 1. The predicted molar refractivity (Wildman–Crippen MR) is 75.0 cm³/mol. The van der Waals surface area contributed by atoms with Crippen molar-refractivity contribution < 1.29 is 0 Å². The van der Waals surface area contributed by atoms with E-state index in [4.69, 9.17) is 0 Å². The molecule has 0 aliphatic carbocycles. The van der Waals surface area contributed by atoms with Gasteiger partial charge in [0, 0.05) is 35.8 Å². The Morgan fingerprint density at radius 1 is 1.44 bits per heavy atom. The Hall–Kier alpha value is -1.13. The highest BCUT2D eigenvalue weighted by molar-refractivity contribution is 7.09. The smallest absolute Gasteiger partial charge is 0.0490 e. The average Bonchev–Trinajstić information content (AvgIpc) is 3.10. The van der Waals surface area contributed by atoms with E-state index in [2.05, 4.69) is 38.7 Å². The lowest BCUT2D eigenvalue weighted by molar-refractivity contribution is 0.209. The Morgan fingerprint density at radius 2 is 2.44 bits per heavy atom. The summed E-state index contributed by atoms with van der Waals surface area (Å²) in [5.74, 6) is 0.643. The van der Waals surface area contributed by atoms with Gasteiger partial charge in [0.1, 0.15) is 0 Å². The zero-order valence-corrected chi connectivity index (χ0v) is 11.3. The van der Waals surface area contributed by atoms with Crippen LogP contribution in [0.4, 0.5) is 0 Å². The Bertz CT molecular complexity index is 449.